The van der Waals surface area contributed by atoms with Gasteiger partial charge in [-0.3, -0.25) is 9.62 Å². The number of nitrogens with one attached hydrogen (secondary N) is 1. The van der Waals surface area contributed by atoms with Crippen molar-refractivity contribution in [2.45, 2.75) is 49.4 Å². The zero-order valence-electron chi connectivity index (χ0n) is 21.3. The fourth-order valence-electron chi connectivity index (χ4n) is 5.08. The molecular formula is C29H34N2O6S. The fourth-order valence-corrected chi connectivity index (χ4v) is 6.16. The summed E-state index contributed by atoms with van der Waals surface area (Å²) in [5.41, 5.74) is 3.06. The van der Waals surface area contributed by atoms with Crippen LogP contribution in [0.5, 0.6) is 0 Å². The lowest BCUT2D eigenvalue weighted by molar-refractivity contribution is -0.276. The minimum atomic E-state index is -3.69. The van der Waals surface area contributed by atoms with E-state index in [1.165, 1.54) is 0 Å². The average Bonchev–Trinajstić information content (AvgIpc) is 3.35. The molecule has 5 unspecified atom stereocenters. The molecule has 3 aromatic rings. The van der Waals surface area contributed by atoms with Gasteiger partial charge in [0.1, 0.15) is 0 Å². The molecule has 0 aromatic heterocycles. The molecule has 0 spiro atoms. The first kappa shape index (κ1) is 26.8. The topological polar surface area (TPSA) is 108 Å². The van der Waals surface area contributed by atoms with Crippen molar-refractivity contribution in [3.05, 3.63) is 95.6 Å². The first-order valence-electron chi connectivity index (χ1n) is 12.9. The van der Waals surface area contributed by atoms with Gasteiger partial charge in [0, 0.05) is 36.8 Å². The van der Waals surface area contributed by atoms with E-state index in [9.17, 15) is 18.6 Å². The van der Waals surface area contributed by atoms with Crippen LogP contribution in [0.1, 0.15) is 42.4 Å². The first-order valence-corrected chi connectivity index (χ1v) is 14.4. The smallest absolute Gasteiger partial charge is 0.261 e. The number of hydrogen-bond donors (Lipinski definition) is 3. The van der Waals surface area contributed by atoms with E-state index < -0.39 is 16.3 Å². The zero-order valence-corrected chi connectivity index (χ0v) is 22.1. The van der Waals surface area contributed by atoms with Gasteiger partial charge in [0.15, 0.2) is 6.29 Å². The summed E-state index contributed by atoms with van der Waals surface area (Å²) in [6.07, 6.45) is -0.581. The summed E-state index contributed by atoms with van der Waals surface area (Å²) < 4.78 is 41.0. The van der Waals surface area contributed by atoms with Crippen LogP contribution in [0.2, 0.25) is 0 Å². The van der Waals surface area contributed by atoms with E-state index in [0.29, 0.717) is 18.8 Å². The Hall–Kier alpha value is -2.79. The Morgan fingerprint density at radius 3 is 2.26 bits per heavy atom. The van der Waals surface area contributed by atoms with E-state index >= 15 is 0 Å². The summed E-state index contributed by atoms with van der Waals surface area (Å²) in [6, 6.07) is 23.0. The number of rotatable bonds is 8. The Morgan fingerprint density at radius 2 is 1.63 bits per heavy atom. The molecule has 5 rings (SSSR count). The number of hydrogen-bond acceptors (Lipinski definition) is 7. The highest BCUT2D eigenvalue weighted by Crippen LogP contribution is 2.42. The van der Waals surface area contributed by atoms with Crippen LogP contribution in [0.3, 0.4) is 0 Å². The molecule has 3 aromatic carbocycles. The molecule has 8 nitrogen and oxygen atoms in total. The highest BCUT2D eigenvalue weighted by molar-refractivity contribution is 7.92. The predicted molar refractivity (Wildman–Crippen MR) is 144 cm³/mol. The number of β-amino-alcohol motifs (C(OH)–C–C–N with tert-alkyl or cyclic N) is 1. The van der Waals surface area contributed by atoms with E-state index in [1.807, 2.05) is 36.4 Å². The van der Waals surface area contributed by atoms with Gasteiger partial charge in [-0.25, -0.2) is 8.42 Å². The second kappa shape index (κ2) is 11.5. The van der Waals surface area contributed by atoms with Gasteiger partial charge in [-0.1, -0.05) is 61.5 Å². The SMILES string of the molecule is CC1C(CN2CCC(O)C2)OC(c2ccc(NS(=O)(=O)c3ccccc3)cc2)OC1c1ccc(CO)cc1. The van der Waals surface area contributed by atoms with Crippen molar-refractivity contribution in [1.29, 1.82) is 0 Å². The molecule has 3 N–H and O–H groups in total. The number of nitrogens with zero attached hydrogens (tertiary/aromatic N) is 1. The minimum absolute atomic E-state index is 0.0205. The third kappa shape index (κ3) is 6.09. The summed E-state index contributed by atoms with van der Waals surface area (Å²) in [5.74, 6) is 0.0425. The number of benzene rings is 3. The van der Waals surface area contributed by atoms with Gasteiger partial charge in [-0.05, 0) is 41.8 Å². The predicted octanol–water partition coefficient (Wildman–Crippen LogP) is 3.84. The summed E-state index contributed by atoms with van der Waals surface area (Å²) in [4.78, 5) is 2.42. The van der Waals surface area contributed by atoms with Crippen molar-refractivity contribution in [3.63, 3.8) is 0 Å². The second-order valence-corrected chi connectivity index (χ2v) is 11.7. The molecule has 2 saturated heterocycles. The van der Waals surface area contributed by atoms with Crippen molar-refractivity contribution in [3.8, 4) is 0 Å². The number of aliphatic hydroxyl groups is 2. The van der Waals surface area contributed by atoms with Crippen molar-refractivity contribution in [2.24, 2.45) is 5.92 Å². The Kier molecular flexibility index (Phi) is 8.13. The molecule has 0 aliphatic carbocycles. The third-order valence-corrected chi connectivity index (χ3v) is 8.69. The maximum Gasteiger partial charge on any atom is 0.261 e. The monoisotopic (exact) mass is 538 g/mol. The molecule has 9 heteroatoms. The normalized spacial score (nSPS) is 26.3. The number of sulfonamides is 1. The second-order valence-electron chi connectivity index (χ2n) is 10.1. The lowest BCUT2D eigenvalue weighted by Crippen LogP contribution is -2.44. The van der Waals surface area contributed by atoms with E-state index in [-0.39, 0.29) is 35.7 Å². The van der Waals surface area contributed by atoms with Crippen molar-refractivity contribution < 1.29 is 28.1 Å². The van der Waals surface area contributed by atoms with Gasteiger partial charge in [-0.2, -0.15) is 0 Å². The van der Waals surface area contributed by atoms with Gasteiger partial charge in [0.05, 0.1) is 29.8 Å². The quantitative estimate of drug-likeness (QED) is 0.400. The molecule has 2 aliphatic heterocycles. The molecule has 2 aliphatic rings. The van der Waals surface area contributed by atoms with Crippen molar-refractivity contribution >= 4 is 15.7 Å². The van der Waals surface area contributed by atoms with Crippen molar-refractivity contribution in [2.75, 3.05) is 24.4 Å². The van der Waals surface area contributed by atoms with E-state index in [2.05, 4.69) is 16.5 Å². The Labute approximate surface area is 223 Å². The van der Waals surface area contributed by atoms with Crippen LogP contribution in [0.15, 0.2) is 83.8 Å². The standard InChI is InChI=1S/C29H34N2O6S/c1-20-27(18-31-16-15-25(33)17-31)36-29(37-28(20)22-9-7-21(19-32)8-10-22)23-11-13-24(14-12-23)30-38(34,35)26-5-3-2-4-6-26/h2-14,20,25,27-30,32-33H,15-19H2,1H3. The van der Waals surface area contributed by atoms with Gasteiger partial charge >= 0.3 is 0 Å². The van der Waals surface area contributed by atoms with E-state index in [0.717, 1.165) is 29.7 Å². The van der Waals surface area contributed by atoms with Crippen LogP contribution in [0.25, 0.3) is 0 Å². The van der Waals surface area contributed by atoms with Crippen LogP contribution in [-0.4, -0.2) is 55.4 Å². The van der Waals surface area contributed by atoms with Gasteiger partial charge in [0.2, 0.25) is 0 Å². The molecule has 0 bridgehead atoms. The van der Waals surface area contributed by atoms with Crippen LogP contribution in [-0.2, 0) is 26.1 Å². The van der Waals surface area contributed by atoms with Crippen LogP contribution in [0, 0.1) is 5.92 Å². The van der Waals surface area contributed by atoms with Crippen LogP contribution >= 0.6 is 0 Å². The molecular weight excluding hydrogens is 504 g/mol. The first-order chi connectivity index (χ1) is 18.3. The third-order valence-electron chi connectivity index (χ3n) is 7.30. The number of ether oxygens (including phenoxy) is 2. The fraction of sp³-hybridized carbons (Fsp3) is 0.379. The lowest BCUT2D eigenvalue weighted by Gasteiger charge is -2.42. The summed E-state index contributed by atoms with van der Waals surface area (Å²) in [5, 5.41) is 19.4. The number of anilines is 1. The van der Waals surface area contributed by atoms with Crippen LogP contribution in [0.4, 0.5) is 5.69 Å². The molecule has 202 valence electrons. The zero-order chi connectivity index (χ0) is 26.7. The largest absolute Gasteiger partial charge is 0.392 e. The highest BCUT2D eigenvalue weighted by Gasteiger charge is 2.39. The van der Waals surface area contributed by atoms with E-state index in [1.54, 1.807) is 42.5 Å². The van der Waals surface area contributed by atoms with Crippen molar-refractivity contribution in [1.82, 2.24) is 4.90 Å². The maximum absolute atomic E-state index is 12.7. The molecule has 2 heterocycles. The molecule has 2 fully saturated rings. The Balaban J connectivity index is 1.36. The lowest BCUT2D eigenvalue weighted by atomic mass is 9.90. The number of likely N-dealkylation sites (tertiary alicyclic amines) is 1. The van der Waals surface area contributed by atoms with E-state index in [4.69, 9.17) is 9.47 Å². The Morgan fingerprint density at radius 1 is 0.947 bits per heavy atom. The van der Waals surface area contributed by atoms with Gasteiger partial charge < -0.3 is 19.7 Å². The maximum atomic E-state index is 12.7. The van der Waals surface area contributed by atoms with Gasteiger partial charge in [0.25, 0.3) is 10.0 Å². The van der Waals surface area contributed by atoms with Crippen LogP contribution < -0.4 is 4.72 Å². The number of aliphatic hydroxyl groups excluding tert-OH is 2. The molecule has 0 radical (unpaired) electrons. The summed E-state index contributed by atoms with van der Waals surface area (Å²) in [6.45, 7) is 4.22. The summed E-state index contributed by atoms with van der Waals surface area (Å²) >= 11 is 0. The molecule has 38 heavy (non-hydrogen) atoms. The molecule has 0 amide bonds. The Bertz CT molecular complexity index is 1300. The minimum Gasteiger partial charge on any atom is -0.392 e. The molecule has 5 atom stereocenters. The molecule has 0 saturated carbocycles. The summed E-state index contributed by atoms with van der Waals surface area (Å²) in [7, 11) is -3.69. The highest BCUT2D eigenvalue weighted by atomic mass is 32.2. The average molecular weight is 539 g/mol. The van der Waals surface area contributed by atoms with Gasteiger partial charge in [-0.15, -0.1) is 0 Å².